The fourth-order valence-corrected chi connectivity index (χ4v) is 1.63. The van der Waals surface area contributed by atoms with Gasteiger partial charge in [0.15, 0.2) is 0 Å². The van der Waals surface area contributed by atoms with Crippen molar-refractivity contribution in [1.29, 1.82) is 0 Å². The monoisotopic (exact) mass is 189 g/mol. The predicted molar refractivity (Wildman–Crippen MR) is 63.6 cm³/mol. The van der Waals surface area contributed by atoms with Crippen LogP contribution in [-0.4, -0.2) is 0 Å². The highest BCUT2D eigenvalue weighted by atomic mass is 14.8. The van der Waals surface area contributed by atoms with E-state index in [9.17, 15) is 0 Å². The number of benzene rings is 1. The predicted octanol–water partition coefficient (Wildman–Crippen LogP) is 3.89. The fraction of sp³-hybridized carbons (Fsp3) is 0.385. The summed E-state index contributed by atoms with van der Waals surface area (Å²) in [5.74, 6) is 0. The summed E-state index contributed by atoms with van der Waals surface area (Å²) in [6.07, 6.45) is 5.38. The average Bonchev–Trinajstić information content (AvgIpc) is 2.18. The van der Waals surface area contributed by atoms with Crippen molar-refractivity contribution in [2.45, 2.75) is 33.1 Å². The molecule has 0 bridgehead atoms. The molecule has 0 fully saturated rings. The third-order valence-corrected chi connectivity index (χ3v) is 2.45. The molecule has 0 aliphatic carbocycles. The summed E-state index contributed by atoms with van der Waals surface area (Å²) in [6, 6.07) is 6.36. The van der Waals surface area contributed by atoms with Crippen LogP contribution in [0, 0.1) is 6.92 Å². The van der Waals surface area contributed by atoms with Crippen LogP contribution in [0.4, 0.5) is 5.69 Å². The minimum atomic E-state index is 1.15. The molecule has 14 heavy (non-hydrogen) atoms. The molecule has 0 spiro atoms. The second kappa shape index (κ2) is 5.48. The third kappa shape index (κ3) is 2.63. The van der Waals surface area contributed by atoms with Crippen LogP contribution in [0.2, 0.25) is 0 Å². The van der Waals surface area contributed by atoms with Crippen molar-refractivity contribution in [3.8, 4) is 0 Å². The lowest BCUT2D eigenvalue weighted by Gasteiger charge is -2.11. The minimum absolute atomic E-state index is 1.15. The maximum Gasteiger partial charge on any atom is 0.0414 e. The van der Waals surface area contributed by atoms with Crippen molar-refractivity contribution in [1.82, 2.24) is 0 Å². The Morgan fingerprint density at radius 3 is 2.86 bits per heavy atom. The lowest BCUT2D eigenvalue weighted by Crippen LogP contribution is -1.97. The zero-order valence-corrected chi connectivity index (χ0v) is 9.14. The van der Waals surface area contributed by atoms with Crippen LogP contribution in [0.15, 0.2) is 31.0 Å². The molecule has 1 nitrogen and oxygen atoms in total. The lowest BCUT2D eigenvalue weighted by molar-refractivity contribution is 0.792. The largest absolute Gasteiger partial charge is 0.362 e. The van der Waals surface area contributed by atoms with Gasteiger partial charge in [0.2, 0.25) is 0 Å². The van der Waals surface area contributed by atoms with Gasteiger partial charge in [-0.25, -0.2) is 0 Å². The smallest absolute Gasteiger partial charge is 0.0414 e. The maximum absolute atomic E-state index is 3.70. The molecule has 0 radical (unpaired) electrons. The van der Waals surface area contributed by atoms with Crippen molar-refractivity contribution in [2.75, 3.05) is 5.32 Å². The van der Waals surface area contributed by atoms with E-state index in [0.29, 0.717) is 0 Å². The Kier molecular flexibility index (Phi) is 4.24. The van der Waals surface area contributed by atoms with Gasteiger partial charge in [0, 0.05) is 5.69 Å². The number of hydrogen-bond acceptors (Lipinski definition) is 1. The minimum Gasteiger partial charge on any atom is -0.362 e. The number of nitrogens with one attached hydrogen (secondary N) is 1. The van der Waals surface area contributed by atoms with Crippen LogP contribution >= 0.6 is 0 Å². The first-order chi connectivity index (χ1) is 6.79. The number of aryl methyl sites for hydroxylation is 1. The van der Waals surface area contributed by atoms with Gasteiger partial charge in [-0.05, 0) is 43.2 Å². The van der Waals surface area contributed by atoms with Crippen LogP contribution in [0.5, 0.6) is 0 Å². The molecular weight excluding hydrogens is 170 g/mol. The number of hydrogen-bond donors (Lipinski definition) is 1. The number of rotatable bonds is 5. The highest BCUT2D eigenvalue weighted by Gasteiger charge is 2.02. The Balaban J connectivity index is 2.89. The van der Waals surface area contributed by atoms with Gasteiger partial charge >= 0.3 is 0 Å². The Labute approximate surface area is 86.8 Å². The van der Waals surface area contributed by atoms with Crippen LogP contribution < -0.4 is 5.32 Å². The zero-order chi connectivity index (χ0) is 10.4. The van der Waals surface area contributed by atoms with Gasteiger partial charge in [-0.3, -0.25) is 0 Å². The van der Waals surface area contributed by atoms with Gasteiger partial charge in [0.25, 0.3) is 0 Å². The molecule has 0 saturated carbocycles. The molecule has 0 saturated heterocycles. The molecule has 1 heteroatoms. The molecule has 0 unspecified atom stereocenters. The van der Waals surface area contributed by atoms with E-state index in [2.05, 4.69) is 43.9 Å². The molecule has 76 valence electrons. The summed E-state index contributed by atoms with van der Waals surface area (Å²) in [7, 11) is 0. The number of anilines is 1. The normalized spacial score (nSPS) is 9.86. The van der Waals surface area contributed by atoms with Crippen molar-refractivity contribution in [3.63, 3.8) is 0 Å². The molecule has 1 aromatic carbocycles. The molecule has 0 atom stereocenters. The molecule has 1 N–H and O–H groups in total. The molecule has 0 aliphatic heterocycles. The van der Waals surface area contributed by atoms with E-state index < -0.39 is 0 Å². The summed E-state index contributed by atoms with van der Waals surface area (Å²) in [4.78, 5) is 0. The highest BCUT2D eigenvalue weighted by molar-refractivity contribution is 5.55. The number of unbranched alkanes of at least 4 members (excludes halogenated alkanes) is 1. The topological polar surface area (TPSA) is 12.0 Å². The van der Waals surface area contributed by atoms with E-state index in [0.717, 1.165) is 6.42 Å². The highest BCUT2D eigenvalue weighted by Crippen LogP contribution is 2.21. The standard InChI is InChI=1S/C13H19N/c1-4-6-9-12-11(3)8-7-10-13(12)14-5-2/h5,7-8,10,14H,2,4,6,9H2,1,3H3. The SMILES string of the molecule is C=CNc1cccc(C)c1CCCC. The Morgan fingerprint density at radius 1 is 1.43 bits per heavy atom. The second-order valence-corrected chi connectivity index (χ2v) is 3.55. The van der Waals surface area contributed by atoms with Gasteiger partial charge in [0.05, 0.1) is 0 Å². The Morgan fingerprint density at radius 2 is 2.21 bits per heavy atom. The maximum atomic E-state index is 3.70. The van der Waals surface area contributed by atoms with Crippen molar-refractivity contribution >= 4 is 5.69 Å². The van der Waals surface area contributed by atoms with Gasteiger partial charge in [-0.1, -0.05) is 32.1 Å². The van der Waals surface area contributed by atoms with Crippen LogP contribution in [0.1, 0.15) is 30.9 Å². The quantitative estimate of drug-likeness (QED) is 0.741. The molecule has 0 aliphatic rings. The van der Waals surface area contributed by atoms with E-state index in [4.69, 9.17) is 0 Å². The van der Waals surface area contributed by atoms with Gasteiger partial charge in [0.1, 0.15) is 0 Å². The van der Waals surface area contributed by atoms with Gasteiger partial charge in [-0.2, -0.15) is 0 Å². The molecule has 1 aromatic rings. The van der Waals surface area contributed by atoms with Crippen LogP contribution in [0.25, 0.3) is 0 Å². The second-order valence-electron chi connectivity index (χ2n) is 3.55. The molecule has 1 rings (SSSR count). The first-order valence-electron chi connectivity index (χ1n) is 5.25. The van der Waals surface area contributed by atoms with E-state index in [1.165, 1.54) is 29.7 Å². The summed E-state index contributed by atoms with van der Waals surface area (Å²) in [6.45, 7) is 8.08. The van der Waals surface area contributed by atoms with Crippen molar-refractivity contribution in [2.24, 2.45) is 0 Å². The van der Waals surface area contributed by atoms with Gasteiger partial charge in [-0.15, -0.1) is 0 Å². The first kappa shape index (κ1) is 10.8. The van der Waals surface area contributed by atoms with Crippen LogP contribution in [-0.2, 0) is 6.42 Å². The van der Waals surface area contributed by atoms with Crippen LogP contribution in [0.3, 0.4) is 0 Å². The average molecular weight is 189 g/mol. The zero-order valence-electron chi connectivity index (χ0n) is 9.14. The molecule has 0 amide bonds. The third-order valence-electron chi connectivity index (χ3n) is 2.45. The molecule has 0 heterocycles. The Bertz CT molecular complexity index is 302. The fourth-order valence-electron chi connectivity index (χ4n) is 1.63. The van der Waals surface area contributed by atoms with Crippen molar-refractivity contribution in [3.05, 3.63) is 42.1 Å². The lowest BCUT2D eigenvalue weighted by atomic mass is 10.0. The van der Waals surface area contributed by atoms with Crippen molar-refractivity contribution < 1.29 is 0 Å². The Hall–Kier alpha value is -1.24. The summed E-state index contributed by atoms with van der Waals surface area (Å²) < 4.78 is 0. The van der Waals surface area contributed by atoms with E-state index in [-0.39, 0.29) is 0 Å². The van der Waals surface area contributed by atoms with E-state index >= 15 is 0 Å². The first-order valence-corrected chi connectivity index (χ1v) is 5.25. The summed E-state index contributed by atoms with van der Waals surface area (Å²) in [5.41, 5.74) is 3.99. The summed E-state index contributed by atoms with van der Waals surface area (Å²) in [5, 5.41) is 3.19. The molecule has 0 aromatic heterocycles. The molecular formula is C13H19N. The van der Waals surface area contributed by atoms with E-state index in [1.54, 1.807) is 6.20 Å². The van der Waals surface area contributed by atoms with Gasteiger partial charge < -0.3 is 5.32 Å². The van der Waals surface area contributed by atoms with E-state index in [1.807, 2.05) is 0 Å². The summed E-state index contributed by atoms with van der Waals surface area (Å²) >= 11 is 0.